The Morgan fingerprint density at radius 1 is 1.00 bits per heavy atom. The van der Waals surface area contributed by atoms with Crippen molar-refractivity contribution in [2.45, 2.75) is 38.1 Å². The summed E-state index contributed by atoms with van der Waals surface area (Å²) in [6, 6.07) is 4.52. The van der Waals surface area contributed by atoms with Gasteiger partial charge in [0.05, 0.1) is 24.3 Å². The first-order valence-corrected chi connectivity index (χ1v) is 10.7. The SMILES string of the molecule is COCCOCC(=O)NCCNC(=O)c1ccc2c(c1)C(=O)N(C1CCCCC1)C2=O. The largest absolute Gasteiger partial charge is 0.382 e. The fourth-order valence-electron chi connectivity index (χ4n) is 3.91. The number of hydrogen-bond acceptors (Lipinski definition) is 6. The van der Waals surface area contributed by atoms with Gasteiger partial charge in [-0.25, -0.2) is 0 Å². The molecule has 2 aliphatic rings. The molecule has 1 heterocycles. The molecule has 168 valence electrons. The number of fused-ring (bicyclic) bond motifs is 1. The van der Waals surface area contributed by atoms with Crippen molar-refractivity contribution in [3.63, 3.8) is 0 Å². The van der Waals surface area contributed by atoms with E-state index in [9.17, 15) is 19.2 Å². The zero-order chi connectivity index (χ0) is 22.2. The molecule has 3 rings (SSSR count). The van der Waals surface area contributed by atoms with E-state index in [1.165, 1.54) is 11.0 Å². The van der Waals surface area contributed by atoms with Crippen LogP contribution in [-0.2, 0) is 14.3 Å². The number of amides is 4. The Hall–Kier alpha value is -2.78. The minimum atomic E-state index is -0.371. The van der Waals surface area contributed by atoms with Crippen molar-refractivity contribution < 1.29 is 28.7 Å². The van der Waals surface area contributed by atoms with Gasteiger partial charge in [0.2, 0.25) is 5.91 Å². The maximum absolute atomic E-state index is 12.9. The van der Waals surface area contributed by atoms with Crippen molar-refractivity contribution in [2.24, 2.45) is 0 Å². The lowest BCUT2D eigenvalue weighted by atomic mass is 9.94. The Kier molecular flexibility index (Phi) is 8.13. The summed E-state index contributed by atoms with van der Waals surface area (Å²) in [5, 5.41) is 5.34. The molecule has 4 amide bonds. The van der Waals surface area contributed by atoms with Crippen LogP contribution in [0.2, 0.25) is 0 Å². The van der Waals surface area contributed by atoms with Crippen molar-refractivity contribution in [1.29, 1.82) is 0 Å². The van der Waals surface area contributed by atoms with Gasteiger partial charge in [0, 0.05) is 31.8 Å². The number of benzene rings is 1. The van der Waals surface area contributed by atoms with Gasteiger partial charge >= 0.3 is 0 Å². The third-order valence-corrected chi connectivity index (χ3v) is 5.52. The summed E-state index contributed by atoms with van der Waals surface area (Å²) >= 11 is 0. The fourth-order valence-corrected chi connectivity index (χ4v) is 3.91. The second-order valence-electron chi connectivity index (χ2n) is 7.68. The minimum absolute atomic E-state index is 0.0551. The first kappa shape index (κ1) is 22.9. The van der Waals surface area contributed by atoms with Gasteiger partial charge in [0.1, 0.15) is 6.61 Å². The van der Waals surface area contributed by atoms with E-state index >= 15 is 0 Å². The predicted molar refractivity (Wildman–Crippen MR) is 112 cm³/mol. The van der Waals surface area contributed by atoms with E-state index < -0.39 is 0 Å². The Balaban J connectivity index is 1.49. The van der Waals surface area contributed by atoms with Crippen molar-refractivity contribution in [2.75, 3.05) is 40.0 Å². The number of carbonyl (C=O) groups is 4. The number of nitrogens with zero attached hydrogens (tertiary/aromatic N) is 1. The van der Waals surface area contributed by atoms with Gasteiger partial charge in [-0.3, -0.25) is 24.1 Å². The highest BCUT2D eigenvalue weighted by Crippen LogP contribution is 2.31. The van der Waals surface area contributed by atoms with Crippen LogP contribution in [-0.4, -0.2) is 74.6 Å². The molecule has 0 spiro atoms. The number of hydrogen-bond donors (Lipinski definition) is 2. The van der Waals surface area contributed by atoms with E-state index in [4.69, 9.17) is 9.47 Å². The molecule has 0 saturated heterocycles. The van der Waals surface area contributed by atoms with Crippen molar-refractivity contribution in [3.05, 3.63) is 34.9 Å². The van der Waals surface area contributed by atoms with Crippen LogP contribution in [0, 0.1) is 0 Å². The molecule has 0 radical (unpaired) electrons. The van der Waals surface area contributed by atoms with E-state index in [2.05, 4.69) is 10.6 Å². The topological polar surface area (TPSA) is 114 Å². The lowest BCUT2D eigenvalue weighted by Gasteiger charge is -2.29. The van der Waals surface area contributed by atoms with Crippen molar-refractivity contribution in [1.82, 2.24) is 15.5 Å². The number of ether oxygens (including phenoxy) is 2. The molecule has 0 atom stereocenters. The molecule has 9 heteroatoms. The molecule has 1 saturated carbocycles. The van der Waals surface area contributed by atoms with Crippen molar-refractivity contribution in [3.8, 4) is 0 Å². The maximum atomic E-state index is 12.9. The number of rotatable bonds is 10. The Labute approximate surface area is 181 Å². The molecule has 0 bridgehead atoms. The molecular formula is C22H29N3O6. The number of methoxy groups -OCH3 is 1. The van der Waals surface area contributed by atoms with Gasteiger partial charge in [0.25, 0.3) is 17.7 Å². The zero-order valence-corrected chi connectivity index (χ0v) is 17.8. The summed E-state index contributed by atoms with van der Waals surface area (Å²) in [4.78, 5) is 51.0. The molecule has 1 aromatic carbocycles. The Bertz CT molecular complexity index is 835. The number of carbonyl (C=O) groups excluding carboxylic acids is 4. The van der Waals surface area contributed by atoms with Gasteiger partial charge in [0.15, 0.2) is 0 Å². The van der Waals surface area contributed by atoms with E-state index in [1.807, 2.05) is 0 Å². The Morgan fingerprint density at radius 3 is 2.45 bits per heavy atom. The normalized spacial score (nSPS) is 16.4. The average molecular weight is 431 g/mol. The molecule has 1 aliphatic heterocycles. The van der Waals surface area contributed by atoms with E-state index in [0.717, 1.165) is 32.1 Å². The zero-order valence-electron chi connectivity index (χ0n) is 17.8. The Morgan fingerprint density at radius 2 is 1.71 bits per heavy atom. The summed E-state index contributed by atoms with van der Waals surface area (Å²) in [6.07, 6.45) is 4.83. The summed E-state index contributed by atoms with van der Waals surface area (Å²) in [5.41, 5.74) is 0.942. The maximum Gasteiger partial charge on any atom is 0.261 e. The molecule has 31 heavy (non-hydrogen) atoms. The molecule has 1 aromatic rings. The highest BCUT2D eigenvalue weighted by atomic mass is 16.5. The second-order valence-corrected chi connectivity index (χ2v) is 7.68. The van der Waals surface area contributed by atoms with Crippen LogP contribution in [0.15, 0.2) is 18.2 Å². The van der Waals surface area contributed by atoms with Gasteiger partial charge in [-0.05, 0) is 31.0 Å². The molecular weight excluding hydrogens is 402 g/mol. The molecule has 0 aromatic heterocycles. The van der Waals surface area contributed by atoms with Crippen LogP contribution in [0.4, 0.5) is 0 Å². The van der Waals surface area contributed by atoms with Crippen LogP contribution in [0.1, 0.15) is 63.2 Å². The summed E-state index contributed by atoms with van der Waals surface area (Å²) < 4.78 is 9.93. The van der Waals surface area contributed by atoms with E-state index in [1.54, 1.807) is 19.2 Å². The van der Waals surface area contributed by atoms with Crippen LogP contribution < -0.4 is 10.6 Å². The third-order valence-electron chi connectivity index (χ3n) is 5.52. The molecule has 0 unspecified atom stereocenters. The van der Waals surface area contributed by atoms with Crippen LogP contribution >= 0.6 is 0 Å². The number of nitrogens with one attached hydrogen (secondary N) is 2. The van der Waals surface area contributed by atoms with E-state index in [0.29, 0.717) is 24.3 Å². The number of imide groups is 1. The average Bonchev–Trinajstić information content (AvgIpc) is 3.04. The molecule has 1 aliphatic carbocycles. The summed E-state index contributed by atoms with van der Waals surface area (Å²) in [5.74, 6) is -1.24. The first-order valence-electron chi connectivity index (χ1n) is 10.7. The van der Waals surface area contributed by atoms with Gasteiger partial charge in [-0.15, -0.1) is 0 Å². The predicted octanol–water partition coefficient (Wildman–Crippen LogP) is 1.12. The monoisotopic (exact) mass is 431 g/mol. The standard InChI is InChI=1S/C22H29N3O6/c1-30-11-12-31-14-19(26)23-9-10-24-20(27)15-7-8-17-18(13-15)22(29)25(21(17)28)16-5-3-2-4-6-16/h7-8,13,16H,2-6,9-12,14H2,1H3,(H,23,26)(H,24,27). The summed E-state index contributed by atoms with van der Waals surface area (Å²) in [6.45, 7) is 1.14. The molecule has 1 fully saturated rings. The van der Waals surface area contributed by atoms with Crippen LogP contribution in [0.25, 0.3) is 0 Å². The molecule has 9 nitrogen and oxygen atoms in total. The van der Waals surface area contributed by atoms with Gasteiger partial charge in [-0.2, -0.15) is 0 Å². The lowest BCUT2D eigenvalue weighted by molar-refractivity contribution is -0.126. The quantitative estimate of drug-likeness (QED) is 0.424. The first-order chi connectivity index (χ1) is 15.0. The smallest absolute Gasteiger partial charge is 0.261 e. The highest BCUT2D eigenvalue weighted by molar-refractivity contribution is 6.22. The van der Waals surface area contributed by atoms with E-state index in [-0.39, 0.29) is 54.9 Å². The van der Waals surface area contributed by atoms with Gasteiger partial charge < -0.3 is 20.1 Å². The summed E-state index contributed by atoms with van der Waals surface area (Å²) in [7, 11) is 1.55. The van der Waals surface area contributed by atoms with Crippen molar-refractivity contribution >= 4 is 23.6 Å². The lowest BCUT2D eigenvalue weighted by Crippen LogP contribution is -2.40. The fraction of sp³-hybridized carbons (Fsp3) is 0.545. The van der Waals surface area contributed by atoms with Crippen LogP contribution in [0.3, 0.4) is 0 Å². The second kappa shape index (κ2) is 11.0. The highest BCUT2D eigenvalue weighted by Gasteiger charge is 2.40. The van der Waals surface area contributed by atoms with Gasteiger partial charge in [-0.1, -0.05) is 19.3 Å². The minimum Gasteiger partial charge on any atom is -0.382 e. The van der Waals surface area contributed by atoms with Crippen LogP contribution in [0.5, 0.6) is 0 Å². The molecule has 2 N–H and O–H groups in total. The third kappa shape index (κ3) is 5.68.